The molecule has 0 spiro atoms. The summed E-state index contributed by atoms with van der Waals surface area (Å²) >= 11 is 0. The molecule has 54 heavy (non-hydrogen) atoms. The summed E-state index contributed by atoms with van der Waals surface area (Å²) in [7, 11) is 0. The Kier molecular flexibility index (Phi) is 6.90. The van der Waals surface area contributed by atoms with E-state index in [1.165, 1.54) is 99.1 Å². The van der Waals surface area contributed by atoms with Crippen molar-refractivity contribution in [1.29, 1.82) is 0 Å². The molecule has 2 heteroatoms. The van der Waals surface area contributed by atoms with E-state index >= 15 is 0 Å². The van der Waals surface area contributed by atoms with Crippen molar-refractivity contribution in [2.45, 2.75) is 0 Å². The Morgan fingerprint density at radius 1 is 0.259 bits per heavy atom. The van der Waals surface area contributed by atoms with Gasteiger partial charge in [0.15, 0.2) is 0 Å². The summed E-state index contributed by atoms with van der Waals surface area (Å²) in [5.74, 6) is 0. The number of nitrogens with zero attached hydrogens (tertiary/aromatic N) is 2. The molecule has 9 aromatic carbocycles. The molecule has 0 radical (unpaired) electrons. The number of rotatable bonds is 5. The van der Waals surface area contributed by atoms with Gasteiger partial charge in [-0.2, -0.15) is 0 Å². The minimum atomic E-state index is 1.17. The first-order chi connectivity index (χ1) is 26.8. The Labute approximate surface area is 313 Å². The van der Waals surface area contributed by atoms with Crippen LogP contribution in [0.2, 0.25) is 0 Å². The number of benzene rings is 9. The van der Waals surface area contributed by atoms with E-state index in [1.54, 1.807) is 0 Å². The van der Waals surface area contributed by atoms with E-state index in [0.717, 1.165) is 0 Å². The summed E-state index contributed by atoms with van der Waals surface area (Å²) in [4.78, 5) is 0. The molecule has 0 bridgehead atoms. The van der Waals surface area contributed by atoms with Gasteiger partial charge in [0.1, 0.15) is 0 Å². The van der Waals surface area contributed by atoms with E-state index in [2.05, 4.69) is 215 Å². The summed E-state index contributed by atoms with van der Waals surface area (Å²) in [6.07, 6.45) is 0. The molecule has 0 unspecified atom stereocenters. The first-order valence-electron chi connectivity index (χ1n) is 18.6. The van der Waals surface area contributed by atoms with Gasteiger partial charge in [-0.25, -0.2) is 0 Å². The van der Waals surface area contributed by atoms with Gasteiger partial charge in [0.25, 0.3) is 0 Å². The van der Waals surface area contributed by atoms with Crippen LogP contribution in [0.25, 0.3) is 99.1 Å². The number of hydrogen-bond acceptors (Lipinski definition) is 0. The zero-order valence-electron chi connectivity index (χ0n) is 29.5. The second-order valence-electron chi connectivity index (χ2n) is 14.2. The highest BCUT2D eigenvalue weighted by molar-refractivity contribution is 6.13. The maximum Gasteiger partial charge on any atom is 0.0541 e. The van der Waals surface area contributed by atoms with E-state index in [0.29, 0.717) is 0 Å². The molecular weight excluding hydrogens is 653 g/mol. The number of aromatic nitrogens is 2. The number of para-hydroxylation sites is 3. The fourth-order valence-corrected chi connectivity index (χ4v) is 8.57. The van der Waals surface area contributed by atoms with E-state index in [-0.39, 0.29) is 0 Å². The maximum atomic E-state index is 2.44. The molecule has 2 aromatic heterocycles. The van der Waals surface area contributed by atoms with Crippen molar-refractivity contribution in [1.82, 2.24) is 9.13 Å². The van der Waals surface area contributed by atoms with Gasteiger partial charge in [-0.3, -0.25) is 0 Å². The fraction of sp³-hybridized carbons (Fsp3) is 0. The molecule has 2 nitrogen and oxygen atoms in total. The molecule has 0 atom stereocenters. The Morgan fingerprint density at radius 3 is 1.56 bits per heavy atom. The highest BCUT2D eigenvalue weighted by atomic mass is 15.0. The largest absolute Gasteiger partial charge is 0.309 e. The van der Waals surface area contributed by atoms with Gasteiger partial charge in [-0.05, 0) is 99.3 Å². The number of hydrogen-bond donors (Lipinski definition) is 0. The molecule has 0 N–H and O–H groups in total. The first-order valence-corrected chi connectivity index (χ1v) is 18.6. The van der Waals surface area contributed by atoms with Gasteiger partial charge < -0.3 is 9.13 Å². The van der Waals surface area contributed by atoms with Crippen molar-refractivity contribution in [2.75, 3.05) is 0 Å². The van der Waals surface area contributed by atoms with Crippen LogP contribution in [-0.2, 0) is 0 Å². The van der Waals surface area contributed by atoms with Crippen LogP contribution in [0.3, 0.4) is 0 Å². The topological polar surface area (TPSA) is 9.86 Å². The van der Waals surface area contributed by atoms with Crippen molar-refractivity contribution in [3.05, 3.63) is 206 Å². The third-order valence-electron chi connectivity index (χ3n) is 11.1. The predicted molar refractivity (Wildman–Crippen MR) is 229 cm³/mol. The smallest absolute Gasteiger partial charge is 0.0541 e. The lowest BCUT2D eigenvalue weighted by Gasteiger charge is -2.15. The molecule has 0 saturated heterocycles. The first kappa shape index (κ1) is 30.5. The molecule has 0 aliphatic rings. The van der Waals surface area contributed by atoms with Crippen LogP contribution in [0.5, 0.6) is 0 Å². The van der Waals surface area contributed by atoms with E-state index < -0.39 is 0 Å². The lowest BCUT2D eigenvalue weighted by atomic mass is 9.98. The Balaban J connectivity index is 1.07. The SMILES string of the molecule is c1ccc(-c2cccc(-c3ccccc3-n3c4ccccc4c4cc(-c5ccc6c(c5)c5ccccc5n6-c5ccc6ccccc6c5)ccc43)c2)cc1. The Hall–Kier alpha value is -7.16. The van der Waals surface area contributed by atoms with E-state index in [9.17, 15) is 0 Å². The molecule has 2 heterocycles. The van der Waals surface area contributed by atoms with Crippen molar-refractivity contribution >= 4 is 54.4 Å². The summed E-state index contributed by atoms with van der Waals surface area (Å²) < 4.78 is 4.85. The van der Waals surface area contributed by atoms with Crippen LogP contribution in [0, 0.1) is 0 Å². The zero-order chi connectivity index (χ0) is 35.6. The third-order valence-corrected chi connectivity index (χ3v) is 11.1. The fourth-order valence-electron chi connectivity index (χ4n) is 8.57. The lowest BCUT2D eigenvalue weighted by Crippen LogP contribution is -1.97. The second kappa shape index (κ2) is 12.2. The molecule has 11 aromatic rings. The van der Waals surface area contributed by atoms with Crippen molar-refractivity contribution < 1.29 is 0 Å². The summed E-state index contributed by atoms with van der Waals surface area (Å²) in [5.41, 5.74) is 14.4. The summed E-state index contributed by atoms with van der Waals surface area (Å²) in [6.45, 7) is 0. The van der Waals surface area contributed by atoms with Crippen molar-refractivity contribution in [2.24, 2.45) is 0 Å². The molecule has 0 fully saturated rings. The average Bonchev–Trinajstić information content (AvgIpc) is 3.76. The molecule has 0 aliphatic heterocycles. The minimum Gasteiger partial charge on any atom is -0.309 e. The van der Waals surface area contributed by atoms with Crippen LogP contribution in [-0.4, -0.2) is 9.13 Å². The molecule has 11 rings (SSSR count). The Morgan fingerprint density at radius 2 is 0.796 bits per heavy atom. The zero-order valence-corrected chi connectivity index (χ0v) is 29.5. The molecule has 252 valence electrons. The van der Waals surface area contributed by atoms with Crippen molar-refractivity contribution in [3.63, 3.8) is 0 Å². The minimum absolute atomic E-state index is 1.17. The van der Waals surface area contributed by atoms with Gasteiger partial charge in [0, 0.05) is 32.8 Å². The van der Waals surface area contributed by atoms with Crippen LogP contribution >= 0.6 is 0 Å². The van der Waals surface area contributed by atoms with Gasteiger partial charge >= 0.3 is 0 Å². The molecular formula is C52H34N2. The predicted octanol–water partition coefficient (Wildman–Crippen LogP) is 14.0. The van der Waals surface area contributed by atoms with Gasteiger partial charge in [0.2, 0.25) is 0 Å². The molecule has 0 saturated carbocycles. The highest BCUT2D eigenvalue weighted by Crippen LogP contribution is 2.40. The normalized spacial score (nSPS) is 11.7. The van der Waals surface area contributed by atoms with Crippen LogP contribution in [0.15, 0.2) is 206 Å². The third kappa shape index (κ3) is 4.81. The van der Waals surface area contributed by atoms with Gasteiger partial charge in [-0.1, -0.05) is 146 Å². The molecule has 0 amide bonds. The Bertz CT molecular complexity index is 3220. The van der Waals surface area contributed by atoms with Crippen LogP contribution in [0.4, 0.5) is 0 Å². The monoisotopic (exact) mass is 686 g/mol. The van der Waals surface area contributed by atoms with Crippen LogP contribution in [0.1, 0.15) is 0 Å². The lowest BCUT2D eigenvalue weighted by molar-refractivity contribution is 1.18. The maximum absolute atomic E-state index is 2.44. The van der Waals surface area contributed by atoms with Crippen LogP contribution < -0.4 is 0 Å². The highest BCUT2D eigenvalue weighted by Gasteiger charge is 2.18. The van der Waals surface area contributed by atoms with E-state index in [4.69, 9.17) is 0 Å². The average molecular weight is 687 g/mol. The number of fused-ring (bicyclic) bond motifs is 7. The van der Waals surface area contributed by atoms with Gasteiger partial charge in [0.05, 0.1) is 27.8 Å². The van der Waals surface area contributed by atoms with Crippen molar-refractivity contribution in [3.8, 4) is 44.8 Å². The summed E-state index contributed by atoms with van der Waals surface area (Å²) in [5, 5.41) is 7.50. The quantitative estimate of drug-likeness (QED) is 0.171. The summed E-state index contributed by atoms with van der Waals surface area (Å²) in [6, 6.07) is 75.2. The standard InChI is InChI=1S/C52H34N2/c1-2-13-35(14-3-1)37-17-12-18-41(31-37)43-19-6-9-22-48(43)54-50-24-11-8-21-45(50)47-34-40(27-30-52(47)54)39-26-29-51-46(33-39)44-20-7-10-23-49(44)53(51)42-28-25-36-15-4-5-16-38(36)32-42/h1-34H. The molecule has 0 aliphatic carbocycles. The van der Waals surface area contributed by atoms with Gasteiger partial charge in [-0.15, -0.1) is 0 Å². The van der Waals surface area contributed by atoms with E-state index in [1.807, 2.05) is 0 Å². The second-order valence-corrected chi connectivity index (χ2v) is 14.2.